The lowest BCUT2D eigenvalue weighted by Gasteiger charge is -2.07. The van der Waals surface area contributed by atoms with Crippen LogP contribution in [0.5, 0.6) is 0 Å². The Morgan fingerprint density at radius 2 is 2.04 bits per heavy atom. The highest BCUT2D eigenvalue weighted by molar-refractivity contribution is 7.98. The van der Waals surface area contributed by atoms with Crippen LogP contribution in [0.1, 0.15) is 12.5 Å². The summed E-state index contributed by atoms with van der Waals surface area (Å²) in [4.78, 5) is 14.8. The van der Waals surface area contributed by atoms with Crippen molar-refractivity contribution in [1.82, 2.24) is 19.7 Å². The maximum Gasteiger partial charge on any atom is 0.273 e. The van der Waals surface area contributed by atoms with Gasteiger partial charge in [0.05, 0.1) is 4.92 Å². The number of nitrogens with zero attached hydrogens (tertiary/aromatic N) is 5. The Hall–Kier alpha value is -2.74. The molecule has 2 heterocycles. The molecule has 0 spiro atoms. The fourth-order valence-electron chi connectivity index (χ4n) is 2.34. The van der Waals surface area contributed by atoms with Crippen molar-refractivity contribution in [1.29, 1.82) is 0 Å². The summed E-state index contributed by atoms with van der Waals surface area (Å²) in [6.07, 6.45) is 3.45. The normalized spacial score (nSPS) is 10.7. The number of nitro benzene ring substituents is 1. The van der Waals surface area contributed by atoms with Gasteiger partial charge in [-0.05, 0) is 19.1 Å². The number of hydrogen-bond acceptors (Lipinski definition) is 6. The highest BCUT2D eigenvalue weighted by Crippen LogP contribution is 2.29. The molecule has 0 aliphatic carbocycles. The molecule has 0 bridgehead atoms. The van der Waals surface area contributed by atoms with Crippen molar-refractivity contribution in [3.63, 3.8) is 0 Å². The fourth-order valence-corrected chi connectivity index (χ4v) is 3.34. The van der Waals surface area contributed by atoms with E-state index in [1.807, 2.05) is 23.6 Å². The van der Waals surface area contributed by atoms with Gasteiger partial charge in [0.1, 0.15) is 0 Å². The van der Waals surface area contributed by atoms with Crippen LogP contribution in [0.4, 0.5) is 5.69 Å². The van der Waals surface area contributed by atoms with Crippen LogP contribution >= 0.6 is 11.8 Å². The molecular weight excluding hydrogens is 326 g/mol. The van der Waals surface area contributed by atoms with Crippen LogP contribution in [0.15, 0.2) is 53.9 Å². The number of hydrogen-bond donors (Lipinski definition) is 0. The van der Waals surface area contributed by atoms with Gasteiger partial charge in [0.2, 0.25) is 0 Å². The summed E-state index contributed by atoms with van der Waals surface area (Å²) < 4.78 is 1.98. The quantitative estimate of drug-likeness (QED) is 0.387. The van der Waals surface area contributed by atoms with Crippen molar-refractivity contribution >= 4 is 17.4 Å². The Kier molecular flexibility index (Phi) is 4.85. The summed E-state index contributed by atoms with van der Waals surface area (Å²) in [5.41, 5.74) is 1.69. The third-order valence-corrected chi connectivity index (χ3v) is 4.51. The van der Waals surface area contributed by atoms with Crippen molar-refractivity contribution in [2.45, 2.75) is 24.4 Å². The molecule has 122 valence electrons. The molecule has 8 heteroatoms. The standard InChI is InChI=1S/C16H15N5O2S/c1-2-20-15(12-7-5-9-17-10-12)18-19-16(20)24-11-13-6-3-4-8-14(13)21(22)23/h3-10H,2,11H2,1H3. The molecule has 0 aliphatic rings. The molecule has 7 nitrogen and oxygen atoms in total. The molecule has 0 saturated heterocycles. The maximum absolute atomic E-state index is 11.1. The van der Waals surface area contributed by atoms with E-state index < -0.39 is 0 Å². The number of benzene rings is 1. The third kappa shape index (κ3) is 3.28. The van der Waals surface area contributed by atoms with E-state index in [0.717, 1.165) is 16.5 Å². The summed E-state index contributed by atoms with van der Waals surface area (Å²) in [5, 5.41) is 20.3. The first-order chi connectivity index (χ1) is 11.7. The van der Waals surface area contributed by atoms with Gasteiger partial charge >= 0.3 is 0 Å². The molecule has 3 rings (SSSR count). The molecular formula is C16H15N5O2S. The van der Waals surface area contributed by atoms with Crippen molar-refractivity contribution in [2.75, 3.05) is 0 Å². The van der Waals surface area contributed by atoms with Crippen LogP contribution in [0.2, 0.25) is 0 Å². The fraction of sp³-hybridized carbons (Fsp3) is 0.188. The molecule has 24 heavy (non-hydrogen) atoms. The monoisotopic (exact) mass is 341 g/mol. The summed E-state index contributed by atoms with van der Waals surface area (Å²) in [6.45, 7) is 2.72. The van der Waals surface area contributed by atoms with Crippen LogP contribution in [-0.2, 0) is 12.3 Å². The molecule has 0 fully saturated rings. The van der Waals surface area contributed by atoms with Crippen molar-refractivity contribution < 1.29 is 4.92 Å². The first kappa shape index (κ1) is 16.1. The van der Waals surface area contributed by atoms with Crippen LogP contribution in [-0.4, -0.2) is 24.7 Å². The maximum atomic E-state index is 11.1. The molecule has 0 atom stereocenters. The molecule has 1 aromatic carbocycles. The van der Waals surface area contributed by atoms with Gasteiger partial charge in [-0.25, -0.2) is 0 Å². The Balaban J connectivity index is 1.85. The van der Waals surface area contributed by atoms with Crippen LogP contribution in [0, 0.1) is 10.1 Å². The summed E-state index contributed by atoms with van der Waals surface area (Å²) in [7, 11) is 0. The lowest BCUT2D eigenvalue weighted by Crippen LogP contribution is -2.00. The first-order valence-corrected chi connectivity index (χ1v) is 8.38. The second kappa shape index (κ2) is 7.22. The number of rotatable bonds is 6. The molecule has 0 radical (unpaired) electrons. The second-order valence-corrected chi connectivity index (χ2v) is 5.91. The largest absolute Gasteiger partial charge is 0.302 e. The predicted molar refractivity (Wildman–Crippen MR) is 91.6 cm³/mol. The van der Waals surface area contributed by atoms with E-state index in [4.69, 9.17) is 0 Å². The average Bonchev–Trinajstić information content (AvgIpc) is 3.03. The zero-order chi connectivity index (χ0) is 16.9. The van der Waals surface area contributed by atoms with Gasteiger partial charge in [-0.3, -0.25) is 15.1 Å². The summed E-state index contributed by atoms with van der Waals surface area (Å²) >= 11 is 1.44. The predicted octanol–water partition coefficient (Wildman–Crippen LogP) is 3.56. The molecule has 3 aromatic rings. The number of aromatic nitrogens is 4. The molecule has 0 amide bonds. The van der Waals surface area contributed by atoms with Gasteiger partial charge in [0, 0.05) is 41.9 Å². The number of nitro groups is 1. The summed E-state index contributed by atoms with van der Waals surface area (Å²) in [6, 6.07) is 10.5. The summed E-state index contributed by atoms with van der Waals surface area (Å²) in [5.74, 6) is 1.21. The van der Waals surface area contributed by atoms with Crippen molar-refractivity contribution in [3.8, 4) is 11.4 Å². The van der Waals surface area contributed by atoms with Crippen LogP contribution < -0.4 is 0 Å². The number of para-hydroxylation sites is 1. The first-order valence-electron chi connectivity index (χ1n) is 7.39. The SMILES string of the molecule is CCn1c(SCc2ccccc2[N+](=O)[O-])nnc1-c1cccnc1. The highest BCUT2D eigenvalue weighted by atomic mass is 32.2. The number of thioether (sulfide) groups is 1. The van der Waals surface area contributed by atoms with E-state index in [9.17, 15) is 10.1 Å². The Labute approximate surface area is 142 Å². The van der Waals surface area contributed by atoms with Gasteiger partial charge in [-0.1, -0.05) is 30.0 Å². The van der Waals surface area contributed by atoms with Crippen LogP contribution in [0.3, 0.4) is 0 Å². The molecule has 2 aromatic heterocycles. The molecule has 0 N–H and O–H groups in total. The van der Waals surface area contributed by atoms with E-state index in [1.165, 1.54) is 17.8 Å². The van der Waals surface area contributed by atoms with E-state index in [1.54, 1.807) is 30.6 Å². The lowest BCUT2D eigenvalue weighted by atomic mass is 10.2. The van der Waals surface area contributed by atoms with Gasteiger partial charge in [0.25, 0.3) is 5.69 Å². The van der Waals surface area contributed by atoms with Gasteiger partial charge in [-0.2, -0.15) is 0 Å². The van der Waals surface area contributed by atoms with Crippen molar-refractivity contribution in [3.05, 3.63) is 64.5 Å². The molecule has 0 saturated carbocycles. The Morgan fingerprint density at radius 1 is 1.21 bits per heavy atom. The zero-order valence-corrected chi connectivity index (χ0v) is 13.8. The minimum atomic E-state index is -0.360. The van der Waals surface area contributed by atoms with Gasteiger partial charge in [-0.15, -0.1) is 10.2 Å². The van der Waals surface area contributed by atoms with Crippen molar-refractivity contribution in [2.24, 2.45) is 0 Å². The van der Waals surface area contributed by atoms with Gasteiger partial charge in [0.15, 0.2) is 11.0 Å². The van der Waals surface area contributed by atoms with E-state index >= 15 is 0 Å². The van der Waals surface area contributed by atoms with E-state index in [0.29, 0.717) is 17.9 Å². The van der Waals surface area contributed by atoms with E-state index in [-0.39, 0.29) is 10.6 Å². The molecule has 0 unspecified atom stereocenters. The highest BCUT2D eigenvalue weighted by Gasteiger charge is 2.16. The Morgan fingerprint density at radius 3 is 2.75 bits per heavy atom. The molecule has 0 aliphatic heterocycles. The smallest absolute Gasteiger partial charge is 0.273 e. The zero-order valence-electron chi connectivity index (χ0n) is 13.0. The number of pyridine rings is 1. The van der Waals surface area contributed by atoms with Crippen LogP contribution in [0.25, 0.3) is 11.4 Å². The lowest BCUT2D eigenvalue weighted by molar-refractivity contribution is -0.385. The second-order valence-electron chi connectivity index (χ2n) is 4.97. The Bertz CT molecular complexity index is 851. The minimum Gasteiger partial charge on any atom is -0.302 e. The van der Waals surface area contributed by atoms with Gasteiger partial charge < -0.3 is 4.57 Å². The van der Waals surface area contributed by atoms with E-state index in [2.05, 4.69) is 15.2 Å². The topological polar surface area (TPSA) is 86.7 Å². The minimum absolute atomic E-state index is 0.125. The third-order valence-electron chi connectivity index (χ3n) is 3.50. The average molecular weight is 341 g/mol.